The van der Waals surface area contributed by atoms with Crippen LogP contribution < -0.4 is 5.01 Å². The average Bonchev–Trinajstić information content (AvgIpc) is 2.79. The molecule has 4 rings (SSSR count). The van der Waals surface area contributed by atoms with Crippen LogP contribution in [0.5, 0.6) is 0 Å². The number of hydrogen-bond acceptors (Lipinski definition) is 4. The van der Waals surface area contributed by atoms with E-state index in [0.717, 1.165) is 32.6 Å². The van der Waals surface area contributed by atoms with E-state index in [2.05, 4.69) is 21.0 Å². The highest BCUT2D eigenvalue weighted by Crippen LogP contribution is 2.27. The number of anilines is 1. The highest BCUT2D eigenvalue weighted by Gasteiger charge is 2.11. The van der Waals surface area contributed by atoms with E-state index in [1.807, 2.05) is 60.7 Å². The van der Waals surface area contributed by atoms with Gasteiger partial charge in [-0.15, -0.1) is 0 Å². The van der Waals surface area contributed by atoms with Crippen molar-refractivity contribution in [2.24, 2.45) is 5.10 Å². The monoisotopic (exact) mass is 460 g/mol. The highest BCUT2D eigenvalue weighted by atomic mass is 79.9. The zero-order chi connectivity index (χ0) is 20.9. The minimum atomic E-state index is -0.279. The number of hydrogen-bond donors (Lipinski definition) is 0. The molecule has 0 aliphatic carbocycles. The number of rotatable bonds is 5. The second-order valence-corrected chi connectivity index (χ2v) is 7.55. The first-order valence-corrected chi connectivity index (χ1v) is 10.1. The van der Waals surface area contributed by atoms with Gasteiger partial charge in [-0.2, -0.15) is 5.10 Å². The third-order valence-electron chi connectivity index (χ3n) is 4.46. The van der Waals surface area contributed by atoms with Gasteiger partial charge in [-0.05, 0) is 35.9 Å². The molecule has 0 amide bonds. The lowest BCUT2D eigenvalue weighted by molar-refractivity contribution is 0.628. The van der Waals surface area contributed by atoms with E-state index < -0.39 is 0 Å². The van der Waals surface area contributed by atoms with Crippen LogP contribution in [0.25, 0.3) is 22.5 Å². The molecule has 0 radical (unpaired) electrons. The van der Waals surface area contributed by atoms with E-state index in [-0.39, 0.29) is 5.82 Å². The second kappa shape index (κ2) is 8.97. The van der Waals surface area contributed by atoms with Gasteiger partial charge >= 0.3 is 0 Å². The molecule has 3 aromatic carbocycles. The fourth-order valence-electron chi connectivity index (χ4n) is 2.86. The predicted molar refractivity (Wildman–Crippen MR) is 123 cm³/mol. The lowest BCUT2D eigenvalue weighted by atomic mass is 10.1. The molecule has 4 aromatic rings. The molecule has 0 N–H and O–H groups in total. The molecule has 1 heterocycles. The van der Waals surface area contributed by atoms with Gasteiger partial charge in [0.05, 0.1) is 17.6 Å². The van der Waals surface area contributed by atoms with Crippen molar-refractivity contribution in [2.45, 2.75) is 0 Å². The molecule has 6 heteroatoms. The van der Waals surface area contributed by atoms with Gasteiger partial charge in [0, 0.05) is 22.6 Å². The Morgan fingerprint density at radius 1 is 0.833 bits per heavy atom. The van der Waals surface area contributed by atoms with Gasteiger partial charge in [-0.25, -0.2) is 19.4 Å². The predicted octanol–water partition coefficient (Wildman–Crippen LogP) is 6.18. The van der Waals surface area contributed by atoms with Crippen LogP contribution in [-0.4, -0.2) is 23.2 Å². The van der Waals surface area contributed by atoms with Gasteiger partial charge in [0.15, 0.2) is 0 Å². The summed E-state index contributed by atoms with van der Waals surface area (Å²) in [6, 6.07) is 26.0. The minimum absolute atomic E-state index is 0.279. The summed E-state index contributed by atoms with van der Waals surface area (Å²) < 4.78 is 14.1. The van der Waals surface area contributed by atoms with Crippen LogP contribution in [0.2, 0.25) is 0 Å². The van der Waals surface area contributed by atoms with E-state index in [4.69, 9.17) is 9.97 Å². The number of aromatic nitrogens is 2. The molecule has 0 spiro atoms. The summed E-state index contributed by atoms with van der Waals surface area (Å²) in [5.41, 5.74) is 4.37. The molecule has 0 atom stereocenters. The Morgan fingerprint density at radius 2 is 1.43 bits per heavy atom. The molecule has 4 nitrogen and oxygen atoms in total. The van der Waals surface area contributed by atoms with Crippen molar-refractivity contribution in [2.75, 3.05) is 12.1 Å². The van der Waals surface area contributed by atoms with Gasteiger partial charge in [0.1, 0.15) is 5.82 Å². The topological polar surface area (TPSA) is 41.4 Å². The highest BCUT2D eigenvalue weighted by molar-refractivity contribution is 9.10. The fraction of sp³-hybridized carbons (Fsp3) is 0.0417. The van der Waals surface area contributed by atoms with E-state index in [9.17, 15) is 4.39 Å². The van der Waals surface area contributed by atoms with E-state index in [1.165, 1.54) is 12.1 Å². The summed E-state index contributed by atoms with van der Waals surface area (Å²) in [6.45, 7) is 0. The van der Waals surface area contributed by atoms with Gasteiger partial charge in [0.2, 0.25) is 5.95 Å². The van der Waals surface area contributed by atoms with E-state index in [1.54, 1.807) is 30.4 Å². The Balaban J connectivity index is 1.73. The maximum Gasteiger partial charge on any atom is 0.247 e. The Labute approximate surface area is 182 Å². The normalized spacial score (nSPS) is 11.0. The van der Waals surface area contributed by atoms with Crippen LogP contribution in [0.3, 0.4) is 0 Å². The smallest absolute Gasteiger partial charge is 0.235 e. The Morgan fingerprint density at radius 3 is 2.07 bits per heavy atom. The van der Waals surface area contributed by atoms with Gasteiger partial charge in [0.25, 0.3) is 0 Å². The van der Waals surface area contributed by atoms with E-state index in [0.29, 0.717) is 5.95 Å². The molecule has 0 saturated carbocycles. The molecule has 0 saturated heterocycles. The lowest BCUT2D eigenvalue weighted by Crippen LogP contribution is -2.13. The Kier molecular flexibility index (Phi) is 5.95. The molecule has 0 aliphatic rings. The van der Waals surface area contributed by atoms with Crippen molar-refractivity contribution in [3.63, 3.8) is 0 Å². The summed E-state index contributed by atoms with van der Waals surface area (Å²) >= 11 is 3.47. The standard InChI is InChI=1S/C24H18BrFN4/c1-30(27-16-17-7-13-21(26)14-8-17)24-28-22(18-5-3-2-4-6-18)15-23(29-24)19-9-11-20(25)12-10-19/h2-16H,1H3/b27-16+. The molecule has 0 bridgehead atoms. The summed E-state index contributed by atoms with van der Waals surface area (Å²) in [6.07, 6.45) is 1.65. The SMILES string of the molecule is CN(/N=C/c1ccc(F)cc1)c1nc(-c2ccccc2)cc(-c2ccc(Br)cc2)n1. The van der Waals surface area contributed by atoms with Crippen molar-refractivity contribution >= 4 is 28.1 Å². The molecule has 1 aromatic heterocycles. The Bertz CT molecular complexity index is 1160. The number of hydrazone groups is 1. The van der Waals surface area contributed by atoms with Crippen LogP contribution in [0, 0.1) is 5.82 Å². The quantitative estimate of drug-likeness (QED) is 0.263. The number of halogens is 2. The van der Waals surface area contributed by atoms with Crippen LogP contribution in [0.4, 0.5) is 10.3 Å². The number of benzene rings is 3. The van der Waals surface area contributed by atoms with Crippen molar-refractivity contribution in [1.29, 1.82) is 0 Å². The summed E-state index contributed by atoms with van der Waals surface area (Å²) in [4.78, 5) is 9.42. The van der Waals surface area contributed by atoms with Crippen molar-refractivity contribution in [3.8, 4) is 22.5 Å². The molecular formula is C24H18BrFN4. The van der Waals surface area contributed by atoms with Crippen molar-refractivity contribution in [3.05, 3.63) is 101 Å². The second-order valence-electron chi connectivity index (χ2n) is 6.63. The summed E-state index contributed by atoms with van der Waals surface area (Å²) in [7, 11) is 1.79. The third-order valence-corrected chi connectivity index (χ3v) is 4.99. The number of nitrogens with zero attached hydrogens (tertiary/aromatic N) is 4. The maximum absolute atomic E-state index is 13.1. The molecule has 0 fully saturated rings. The summed E-state index contributed by atoms with van der Waals surface area (Å²) in [5.74, 6) is 0.186. The van der Waals surface area contributed by atoms with Crippen molar-refractivity contribution in [1.82, 2.24) is 9.97 Å². The molecule has 148 valence electrons. The minimum Gasteiger partial charge on any atom is -0.235 e. The molecule has 30 heavy (non-hydrogen) atoms. The Hall–Kier alpha value is -3.38. The summed E-state index contributed by atoms with van der Waals surface area (Å²) in [5, 5.41) is 6.04. The first kappa shape index (κ1) is 19.9. The van der Waals surface area contributed by atoms with Gasteiger partial charge in [-0.1, -0.05) is 70.5 Å². The van der Waals surface area contributed by atoms with Crippen LogP contribution >= 0.6 is 15.9 Å². The van der Waals surface area contributed by atoms with Gasteiger partial charge in [-0.3, -0.25) is 0 Å². The third kappa shape index (κ3) is 4.78. The van der Waals surface area contributed by atoms with E-state index >= 15 is 0 Å². The largest absolute Gasteiger partial charge is 0.247 e. The molecule has 0 aliphatic heterocycles. The van der Waals surface area contributed by atoms with Crippen LogP contribution in [-0.2, 0) is 0 Å². The first-order valence-electron chi connectivity index (χ1n) is 9.32. The van der Waals surface area contributed by atoms with Crippen LogP contribution in [0.1, 0.15) is 5.56 Å². The molecule has 0 unspecified atom stereocenters. The molecular weight excluding hydrogens is 443 g/mol. The maximum atomic E-state index is 13.1. The zero-order valence-electron chi connectivity index (χ0n) is 16.2. The fourth-order valence-corrected chi connectivity index (χ4v) is 3.12. The van der Waals surface area contributed by atoms with Gasteiger partial charge < -0.3 is 0 Å². The average molecular weight is 461 g/mol. The van der Waals surface area contributed by atoms with Crippen LogP contribution in [0.15, 0.2) is 94.5 Å². The first-order chi connectivity index (χ1) is 14.6. The van der Waals surface area contributed by atoms with Crippen molar-refractivity contribution < 1.29 is 4.39 Å². The lowest BCUT2D eigenvalue weighted by Gasteiger charge is -2.14. The zero-order valence-corrected chi connectivity index (χ0v) is 17.8.